The molecule has 134 valence electrons. The average Bonchev–Trinajstić information content (AvgIpc) is 3.00. The average molecular weight is 534 g/mol. The van der Waals surface area contributed by atoms with Crippen molar-refractivity contribution in [3.05, 3.63) is 67.9 Å². The summed E-state index contributed by atoms with van der Waals surface area (Å²) in [5, 5.41) is 5.07. The summed E-state index contributed by atoms with van der Waals surface area (Å²) in [7, 11) is 0. The van der Waals surface area contributed by atoms with E-state index in [9.17, 15) is 4.39 Å². The quantitative estimate of drug-likeness (QED) is 0.489. The van der Waals surface area contributed by atoms with E-state index in [1.54, 1.807) is 0 Å². The molecule has 0 amide bonds. The molecule has 0 atom stereocenters. The number of rotatable bonds is 5. The minimum absolute atomic E-state index is 0. The van der Waals surface area contributed by atoms with Crippen LogP contribution >= 0.6 is 12.4 Å². The predicted octanol–water partition coefficient (Wildman–Crippen LogP) is 4.56. The Balaban J connectivity index is 0.00000192. The number of hydrogen-bond acceptors (Lipinski definition) is 4. The molecule has 0 fully saturated rings. The van der Waals surface area contributed by atoms with E-state index >= 15 is 0 Å². The summed E-state index contributed by atoms with van der Waals surface area (Å²) in [4.78, 5) is 0. The van der Waals surface area contributed by atoms with Crippen LogP contribution in [-0.2, 0) is 21.1 Å². The maximum Gasteiger partial charge on any atom is 0.167 e. The van der Waals surface area contributed by atoms with Gasteiger partial charge in [0.1, 0.15) is 18.1 Å². The molecule has 0 spiro atoms. The number of halogens is 2. The first kappa shape index (κ1) is 23.3. The Labute approximate surface area is 166 Å². The van der Waals surface area contributed by atoms with Gasteiger partial charge in [-0.3, -0.25) is 0 Å². The number of benzene rings is 2. The minimum atomic E-state index is 0. The minimum Gasteiger partial charge on any atom is -0.489 e. The van der Waals surface area contributed by atoms with Crippen molar-refractivity contribution < 1.29 is 34.7 Å². The molecule has 4 nitrogen and oxygen atoms in total. The van der Waals surface area contributed by atoms with E-state index in [0.29, 0.717) is 17.7 Å². The van der Waals surface area contributed by atoms with Gasteiger partial charge < -0.3 is 22.4 Å². The van der Waals surface area contributed by atoms with Gasteiger partial charge in [0.15, 0.2) is 5.58 Å². The van der Waals surface area contributed by atoms with Crippen molar-refractivity contribution in [1.82, 2.24) is 5.16 Å². The summed E-state index contributed by atoms with van der Waals surface area (Å²) in [6.07, 6.45) is 0.482. The molecule has 0 aliphatic rings. The molecule has 0 aliphatic heterocycles. The number of aromatic nitrogens is 1. The largest absolute Gasteiger partial charge is 0.489 e. The third kappa shape index (κ3) is 5.40. The third-order valence-corrected chi connectivity index (χ3v) is 3.35. The van der Waals surface area contributed by atoms with Crippen LogP contribution in [0.15, 0.2) is 65.0 Å². The van der Waals surface area contributed by atoms with Crippen molar-refractivity contribution >= 4 is 23.4 Å². The molecule has 1 aromatic heterocycles. The van der Waals surface area contributed by atoms with Gasteiger partial charge in [0, 0.05) is 44.1 Å². The van der Waals surface area contributed by atoms with Crippen LogP contribution in [0.5, 0.6) is 5.75 Å². The van der Waals surface area contributed by atoms with Gasteiger partial charge in [0.2, 0.25) is 0 Å². The molecule has 1 heterocycles. The van der Waals surface area contributed by atoms with Gasteiger partial charge in [-0.1, -0.05) is 17.3 Å². The van der Waals surface area contributed by atoms with Gasteiger partial charge in [-0.25, -0.2) is 4.39 Å². The fraction of sp³-hybridized carbons (Fsp3) is 0.111. The second-order valence-electron chi connectivity index (χ2n) is 4.81. The Hall–Kier alpha value is -1.68. The molecule has 25 heavy (non-hydrogen) atoms. The van der Waals surface area contributed by atoms with Crippen LogP contribution in [0, 0.1) is 7.43 Å². The Kier molecular flexibility index (Phi) is 10.3. The summed E-state index contributed by atoms with van der Waals surface area (Å²) >= 11 is 0. The first-order valence-electron chi connectivity index (χ1n) is 6.87. The summed E-state index contributed by atoms with van der Waals surface area (Å²) in [6, 6.07) is 15.1. The van der Waals surface area contributed by atoms with E-state index in [-0.39, 0.29) is 54.1 Å². The Morgan fingerprint density at radius 1 is 1.16 bits per heavy atom. The second kappa shape index (κ2) is 11.0. The van der Waals surface area contributed by atoms with Gasteiger partial charge >= 0.3 is 0 Å². The SMILES string of the molecule is Cl.NC/C(=C\F)COc1ccc(-c2noc3ccccc23)cc1.[CH3-].[W]. The van der Waals surface area contributed by atoms with E-state index < -0.39 is 0 Å². The van der Waals surface area contributed by atoms with Crippen molar-refractivity contribution in [2.75, 3.05) is 13.2 Å². The van der Waals surface area contributed by atoms with Gasteiger partial charge in [0.05, 0.1) is 6.33 Å². The molecule has 2 N–H and O–H groups in total. The van der Waals surface area contributed by atoms with E-state index in [1.807, 2.05) is 48.5 Å². The fourth-order valence-electron chi connectivity index (χ4n) is 2.11. The Bertz CT molecular complexity index is 806. The van der Waals surface area contributed by atoms with Crippen molar-refractivity contribution in [3.63, 3.8) is 0 Å². The molecule has 0 saturated heterocycles. The molecule has 0 radical (unpaired) electrons. The van der Waals surface area contributed by atoms with Crippen molar-refractivity contribution in [3.8, 4) is 17.0 Å². The maximum absolute atomic E-state index is 12.4. The molecular formula is C18H19ClFN2O2W-. The van der Waals surface area contributed by atoms with Crippen LogP contribution in [0.1, 0.15) is 0 Å². The van der Waals surface area contributed by atoms with Crippen molar-refractivity contribution in [2.45, 2.75) is 0 Å². The monoisotopic (exact) mass is 533 g/mol. The summed E-state index contributed by atoms with van der Waals surface area (Å²) in [5.74, 6) is 0.643. The fourth-order valence-corrected chi connectivity index (χ4v) is 2.11. The Morgan fingerprint density at radius 2 is 1.84 bits per heavy atom. The number of hydrogen-bond donors (Lipinski definition) is 1. The van der Waals surface area contributed by atoms with Crippen LogP contribution in [-0.4, -0.2) is 18.3 Å². The van der Waals surface area contributed by atoms with E-state index in [2.05, 4.69) is 5.16 Å². The zero-order valence-electron chi connectivity index (χ0n) is 13.6. The summed E-state index contributed by atoms with van der Waals surface area (Å²) < 4.78 is 23.2. The van der Waals surface area contributed by atoms with Gasteiger partial charge in [-0.05, 0) is 36.4 Å². The molecular weight excluding hydrogens is 515 g/mol. The number of ether oxygens (including phenoxy) is 1. The molecule has 2 aromatic carbocycles. The van der Waals surface area contributed by atoms with Crippen molar-refractivity contribution in [2.24, 2.45) is 5.73 Å². The zero-order chi connectivity index (χ0) is 15.4. The van der Waals surface area contributed by atoms with E-state index in [1.165, 1.54) is 0 Å². The van der Waals surface area contributed by atoms with Crippen LogP contribution in [0.2, 0.25) is 0 Å². The maximum atomic E-state index is 12.4. The van der Waals surface area contributed by atoms with E-state index in [0.717, 1.165) is 22.2 Å². The second-order valence-corrected chi connectivity index (χ2v) is 4.81. The Morgan fingerprint density at radius 3 is 2.48 bits per heavy atom. The molecule has 0 bridgehead atoms. The topological polar surface area (TPSA) is 61.3 Å². The van der Waals surface area contributed by atoms with Crippen molar-refractivity contribution in [1.29, 1.82) is 0 Å². The number of para-hydroxylation sites is 1. The van der Waals surface area contributed by atoms with Gasteiger partial charge in [0.25, 0.3) is 0 Å². The van der Waals surface area contributed by atoms with Crippen LogP contribution < -0.4 is 10.5 Å². The normalized spacial score (nSPS) is 10.4. The number of nitrogens with zero attached hydrogens (tertiary/aromatic N) is 1. The summed E-state index contributed by atoms with van der Waals surface area (Å²) in [6.45, 7) is 0.277. The summed E-state index contributed by atoms with van der Waals surface area (Å²) in [5.41, 5.74) is 8.25. The predicted molar refractivity (Wildman–Crippen MR) is 96.8 cm³/mol. The first-order valence-corrected chi connectivity index (χ1v) is 6.87. The van der Waals surface area contributed by atoms with Crippen LogP contribution in [0.3, 0.4) is 0 Å². The first-order chi connectivity index (χ1) is 10.8. The van der Waals surface area contributed by atoms with E-state index in [4.69, 9.17) is 15.0 Å². The third-order valence-electron chi connectivity index (χ3n) is 3.35. The van der Waals surface area contributed by atoms with Crippen LogP contribution in [0.25, 0.3) is 22.2 Å². The van der Waals surface area contributed by atoms with Crippen LogP contribution in [0.4, 0.5) is 4.39 Å². The standard InChI is InChI=1S/C17H15FN2O2.CH3.ClH.W/c18-9-12(10-19)11-21-14-7-5-13(6-8-14)17-15-3-1-2-4-16(15)22-20-17;;;/h1-9H,10-11,19H2;1H3;1H;/q;-1;;/b12-9+;;;. The molecule has 3 aromatic rings. The molecule has 0 unspecified atom stereocenters. The number of fused-ring (bicyclic) bond motifs is 1. The van der Waals surface area contributed by atoms with Gasteiger partial charge in [-0.2, -0.15) is 0 Å². The molecule has 0 aliphatic carbocycles. The molecule has 7 heteroatoms. The molecule has 0 saturated carbocycles. The zero-order valence-corrected chi connectivity index (χ0v) is 17.4. The number of nitrogens with two attached hydrogens (primary N) is 1. The molecule has 3 rings (SSSR count). The van der Waals surface area contributed by atoms with Gasteiger partial charge in [-0.15, -0.1) is 12.4 Å². The smallest absolute Gasteiger partial charge is 0.167 e.